The van der Waals surface area contributed by atoms with Crippen molar-refractivity contribution < 1.29 is 13.2 Å². The number of hydrogen-bond acceptors (Lipinski definition) is 5. The number of nitrogens with zero attached hydrogens (tertiary/aromatic N) is 2. The van der Waals surface area contributed by atoms with Gasteiger partial charge in [-0.15, -0.1) is 0 Å². The predicted molar refractivity (Wildman–Crippen MR) is 99.0 cm³/mol. The van der Waals surface area contributed by atoms with Gasteiger partial charge in [0.05, 0.1) is 18.1 Å². The Morgan fingerprint density at radius 1 is 1.16 bits per heavy atom. The molecule has 0 bridgehead atoms. The molecule has 1 saturated carbocycles. The fraction of sp³-hybridized carbons (Fsp3) is 0.944. The summed E-state index contributed by atoms with van der Waals surface area (Å²) in [5.74, 6) is 0.478. The average molecular weight is 372 g/mol. The van der Waals surface area contributed by atoms with Crippen LogP contribution < -0.4 is 5.73 Å². The molecule has 2 aliphatic heterocycles. The third-order valence-corrected chi connectivity index (χ3v) is 8.11. The SMILES string of the molecule is CC1(C)CN(CC(=O)N(C2CCCC2)C2CCS(=O)(=O)C2)CCC1N. The molecule has 0 radical (unpaired) electrons. The second-order valence-electron chi connectivity index (χ2n) is 8.89. The monoisotopic (exact) mass is 371 g/mol. The number of carbonyl (C=O) groups excluding carboxylic acids is 1. The first-order chi connectivity index (χ1) is 11.7. The number of nitrogens with two attached hydrogens (primary N) is 1. The summed E-state index contributed by atoms with van der Waals surface area (Å²) < 4.78 is 23.9. The molecule has 3 fully saturated rings. The highest BCUT2D eigenvalue weighted by molar-refractivity contribution is 7.91. The lowest BCUT2D eigenvalue weighted by molar-refractivity contribution is -0.137. The second kappa shape index (κ2) is 7.16. The van der Waals surface area contributed by atoms with Crippen molar-refractivity contribution in [3.63, 3.8) is 0 Å². The zero-order valence-electron chi connectivity index (χ0n) is 15.6. The Kier molecular flexibility index (Phi) is 5.47. The minimum atomic E-state index is -2.99. The summed E-state index contributed by atoms with van der Waals surface area (Å²) in [6.07, 6.45) is 5.80. The number of likely N-dealkylation sites (tertiary alicyclic amines) is 1. The Hall–Kier alpha value is -0.660. The minimum Gasteiger partial charge on any atom is -0.335 e. The Bertz CT molecular complexity index is 599. The lowest BCUT2D eigenvalue weighted by Crippen LogP contribution is -2.56. The van der Waals surface area contributed by atoms with Gasteiger partial charge in [-0.3, -0.25) is 9.69 Å². The van der Waals surface area contributed by atoms with E-state index in [9.17, 15) is 13.2 Å². The number of amides is 1. The lowest BCUT2D eigenvalue weighted by Gasteiger charge is -2.43. The number of piperidine rings is 1. The van der Waals surface area contributed by atoms with E-state index in [1.54, 1.807) is 0 Å². The van der Waals surface area contributed by atoms with E-state index in [-0.39, 0.29) is 41.0 Å². The van der Waals surface area contributed by atoms with Gasteiger partial charge in [0, 0.05) is 31.2 Å². The van der Waals surface area contributed by atoms with Crippen molar-refractivity contribution in [3.8, 4) is 0 Å². The van der Waals surface area contributed by atoms with Crippen LogP contribution in [-0.2, 0) is 14.6 Å². The van der Waals surface area contributed by atoms with Crippen LogP contribution in [0, 0.1) is 5.41 Å². The Morgan fingerprint density at radius 3 is 2.40 bits per heavy atom. The van der Waals surface area contributed by atoms with Gasteiger partial charge < -0.3 is 10.6 Å². The van der Waals surface area contributed by atoms with Crippen LogP contribution in [0.1, 0.15) is 52.4 Å². The quantitative estimate of drug-likeness (QED) is 0.797. The summed E-state index contributed by atoms with van der Waals surface area (Å²) in [5, 5.41) is 0. The van der Waals surface area contributed by atoms with E-state index in [1.165, 1.54) is 0 Å². The fourth-order valence-corrected chi connectivity index (χ4v) is 6.49. The molecule has 2 heterocycles. The summed E-state index contributed by atoms with van der Waals surface area (Å²) in [6.45, 7) is 6.38. The topological polar surface area (TPSA) is 83.7 Å². The molecule has 3 aliphatic rings. The average Bonchev–Trinajstić information content (AvgIpc) is 3.13. The van der Waals surface area contributed by atoms with E-state index in [1.807, 2.05) is 4.90 Å². The van der Waals surface area contributed by atoms with Crippen LogP contribution in [0.2, 0.25) is 0 Å². The summed E-state index contributed by atoms with van der Waals surface area (Å²) in [6, 6.07) is 0.274. The molecule has 6 nitrogen and oxygen atoms in total. The standard InChI is InChI=1S/C18H33N3O3S/c1-18(2)13-20(9-7-16(18)19)11-17(22)21(14-5-3-4-6-14)15-8-10-25(23,24)12-15/h14-16H,3-13,19H2,1-2H3. The summed E-state index contributed by atoms with van der Waals surface area (Å²) in [7, 11) is -2.99. The van der Waals surface area contributed by atoms with Crippen LogP contribution in [0.15, 0.2) is 0 Å². The Labute approximate surface area is 152 Å². The van der Waals surface area contributed by atoms with E-state index in [0.29, 0.717) is 13.0 Å². The van der Waals surface area contributed by atoms with Crippen LogP contribution in [0.4, 0.5) is 0 Å². The first-order valence-electron chi connectivity index (χ1n) is 9.67. The van der Waals surface area contributed by atoms with Crippen molar-refractivity contribution in [3.05, 3.63) is 0 Å². The molecule has 2 saturated heterocycles. The van der Waals surface area contributed by atoms with Crippen LogP contribution in [0.3, 0.4) is 0 Å². The van der Waals surface area contributed by atoms with Crippen molar-refractivity contribution in [2.75, 3.05) is 31.1 Å². The van der Waals surface area contributed by atoms with Gasteiger partial charge >= 0.3 is 0 Å². The second-order valence-corrected chi connectivity index (χ2v) is 11.1. The molecule has 7 heteroatoms. The van der Waals surface area contributed by atoms with Crippen molar-refractivity contribution >= 4 is 15.7 Å². The van der Waals surface area contributed by atoms with Gasteiger partial charge in [-0.2, -0.15) is 0 Å². The summed E-state index contributed by atoms with van der Waals surface area (Å²) in [5.41, 5.74) is 6.21. The minimum absolute atomic E-state index is 0.00736. The molecule has 0 aromatic rings. The molecule has 3 rings (SSSR count). The highest BCUT2D eigenvalue weighted by atomic mass is 32.2. The fourth-order valence-electron chi connectivity index (χ4n) is 4.78. The lowest BCUT2D eigenvalue weighted by atomic mass is 9.80. The van der Waals surface area contributed by atoms with Gasteiger partial charge in [-0.25, -0.2) is 8.42 Å². The molecule has 0 aromatic carbocycles. The zero-order chi connectivity index (χ0) is 18.2. The van der Waals surface area contributed by atoms with Crippen LogP contribution in [-0.4, -0.2) is 73.4 Å². The van der Waals surface area contributed by atoms with Crippen molar-refractivity contribution in [2.24, 2.45) is 11.1 Å². The van der Waals surface area contributed by atoms with E-state index in [0.717, 1.165) is 45.2 Å². The van der Waals surface area contributed by atoms with Crippen LogP contribution in [0.25, 0.3) is 0 Å². The van der Waals surface area contributed by atoms with Crippen molar-refractivity contribution in [2.45, 2.75) is 70.5 Å². The third-order valence-electron chi connectivity index (χ3n) is 6.36. The third kappa shape index (κ3) is 4.37. The molecule has 2 N–H and O–H groups in total. The molecular weight excluding hydrogens is 338 g/mol. The first kappa shape index (κ1) is 19.1. The molecule has 2 unspecified atom stereocenters. The number of hydrogen-bond donors (Lipinski definition) is 1. The summed E-state index contributed by atoms with van der Waals surface area (Å²) in [4.78, 5) is 17.3. The van der Waals surface area contributed by atoms with Gasteiger partial charge in [0.15, 0.2) is 9.84 Å². The maximum absolute atomic E-state index is 13.1. The van der Waals surface area contributed by atoms with Gasteiger partial charge in [-0.1, -0.05) is 26.7 Å². The highest BCUT2D eigenvalue weighted by Gasteiger charge is 2.40. The molecular formula is C18H33N3O3S. The maximum Gasteiger partial charge on any atom is 0.237 e. The van der Waals surface area contributed by atoms with E-state index < -0.39 is 9.84 Å². The van der Waals surface area contributed by atoms with Gasteiger partial charge in [0.1, 0.15) is 0 Å². The smallest absolute Gasteiger partial charge is 0.237 e. The van der Waals surface area contributed by atoms with E-state index in [4.69, 9.17) is 5.73 Å². The number of rotatable bonds is 4. The molecule has 0 spiro atoms. The van der Waals surface area contributed by atoms with Crippen molar-refractivity contribution in [1.29, 1.82) is 0 Å². The maximum atomic E-state index is 13.1. The molecule has 144 valence electrons. The Balaban J connectivity index is 1.69. The first-order valence-corrected chi connectivity index (χ1v) is 11.5. The highest BCUT2D eigenvalue weighted by Crippen LogP contribution is 2.31. The van der Waals surface area contributed by atoms with Gasteiger partial charge in [0.25, 0.3) is 0 Å². The van der Waals surface area contributed by atoms with E-state index >= 15 is 0 Å². The van der Waals surface area contributed by atoms with Crippen molar-refractivity contribution in [1.82, 2.24) is 9.80 Å². The van der Waals surface area contributed by atoms with Crippen LogP contribution in [0.5, 0.6) is 0 Å². The molecule has 1 aliphatic carbocycles. The van der Waals surface area contributed by atoms with E-state index in [2.05, 4.69) is 18.7 Å². The van der Waals surface area contributed by atoms with Crippen LogP contribution >= 0.6 is 0 Å². The zero-order valence-corrected chi connectivity index (χ0v) is 16.4. The predicted octanol–water partition coefficient (Wildman–Crippen LogP) is 1.00. The van der Waals surface area contributed by atoms with Gasteiger partial charge in [-0.05, 0) is 31.1 Å². The number of sulfone groups is 1. The largest absolute Gasteiger partial charge is 0.335 e. The molecule has 1 amide bonds. The molecule has 0 aromatic heterocycles. The normalized spacial score (nSPS) is 32.8. The Morgan fingerprint density at radius 2 is 1.84 bits per heavy atom. The number of carbonyl (C=O) groups is 1. The van der Waals surface area contributed by atoms with Gasteiger partial charge in [0.2, 0.25) is 5.91 Å². The molecule has 25 heavy (non-hydrogen) atoms. The summed E-state index contributed by atoms with van der Waals surface area (Å²) >= 11 is 0. The molecule has 2 atom stereocenters.